The third kappa shape index (κ3) is 5.59. The molecule has 10 heteroatoms. The van der Waals surface area contributed by atoms with Crippen molar-refractivity contribution in [2.24, 2.45) is 0 Å². The predicted octanol–water partition coefficient (Wildman–Crippen LogP) is 6.24. The maximum absolute atomic E-state index is 13.1. The van der Waals surface area contributed by atoms with Crippen LogP contribution < -0.4 is 10.6 Å². The quantitative estimate of drug-likeness (QED) is 0.300. The highest BCUT2D eigenvalue weighted by Gasteiger charge is 2.30. The van der Waals surface area contributed by atoms with E-state index >= 15 is 0 Å². The van der Waals surface area contributed by atoms with Crippen molar-refractivity contribution in [1.82, 2.24) is 19.6 Å². The maximum atomic E-state index is 13.1. The Hall–Kier alpha value is -3.66. The minimum Gasteiger partial charge on any atom is -0.329 e. The van der Waals surface area contributed by atoms with Crippen LogP contribution in [0, 0.1) is 27.7 Å². The highest BCUT2D eigenvalue weighted by Crippen LogP contribution is 2.30. The number of hydrogen-bond acceptors (Lipinski definition) is 3. The number of aromatic nitrogens is 4. The molecule has 0 radical (unpaired) electrons. The van der Waals surface area contributed by atoms with Gasteiger partial charge < -0.3 is 10.6 Å². The van der Waals surface area contributed by atoms with Crippen LogP contribution in [-0.4, -0.2) is 24.7 Å². The van der Waals surface area contributed by atoms with E-state index in [0.717, 1.165) is 40.5 Å². The van der Waals surface area contributed by atoms with Gasteiger partial charge in [-0.2, -0.15) is 23.4 Å². The van der Waals surface area contributed by atoms with Crippen LogP contribution in [0.15, 0.2) is 54.6 Å². The Bertz CT molecular complexity index is 1390. The number of rotatable bonds is 6. The van der Waals surface area contributed by atoms with E-state index in [2.05, 4.69) is 33.0 Å². The molecule has 0 bridgehead atoms. The first-order valence-corrected chi connectivity index (χ1v) is 11.8. The molecule has 6 nitrogen and oxygen atoms in total. The van der Waals surface area contributed by atoms with E-state index in [9.17, 15) is 13.2 Å². The molecule has 2 aromatic heterocycles. The van der Waals surface area contributed by atoms with Crippen LogP contribution in [0.2, 0.25) is 0 Å². The maximum Gasteiger partial charge on any atom is 0.416 e. The molecule has 0 atom stereocenters. The van der Waals surface area contributed by atoms with Crippen LogP contribution in [0.5, 0.6) is 0 Å². The topological polar surface area (TPSA) is 59.7 Å². The number of nitrogens with one attached hydrogen (secondary N) is 2. The van der Waals surface area contributed by atoms with Crippen LogP contribution in [0.3, 0.4) is 0 Å². The average molecular weight is 513 g/mol. The summed E-state index contributed by atoms with van der Waals surface area (Å²) in [6, 6.07) is 15.4. The van der Waals surface area contributed by atoms with Gasteiger partial charge in [0.05, 0.1) is 52.8 Å². The lowest BCUT2D eigenvalue weighted by Gasteiger charge is -2.12. The van der Waals surface area contributed by atoms with Crippen LogP contribution in [0.25, 0.3) is 0 Å². The lowest BCUT2D eigenvalue weighted by molar-refractivity contribution is -0.137. The Morgan fingerprint density at radius 3 is 1.81 bits per heavy atom. The van der Waals surface area contributed by atoms with Gasteiger partial charge in [0, 0.05) is 0 Å². The van der Waals surface area contributed by atoms with Gasteiger partial charge in [-0.25, -0.2) is 0 Å². The summed E-state index contributed by atoms with van der Waals surface area (Å²) >= 11 is 5.57. The number of anilines is 2. The number of nitrogens with zero attached hydrogens (tertiary/aromatic N) is 4. The van der Waals surface area contributed by atoms with Gasteiger partial charge in [-0.1, -0.05) is 42.5 Å². The Labute approximate surface area is 213 Å². The van der Waals surface area contributed by atoms with Crippen molar-refractivity contribution in [3.63, 3.8) is 0 Å². The highest BCUT2D eigenvalue weighted by molar-refractivity contribution is 7.80. The SMILES string of the molecule is Cc1nn(Cc2ccccc2)c(C)c1NC(=S)Nc1c(C)nn(Cc2cccc(C(F)(F)F)c2)c1C. The van der Waals surface area contributed by atoms with Crippen molar-refractivity contribution < 1.29 is 13.2 Å². The minimum absolute atomic E-state index is 0.211. The van der Waals surface area contributed by atoms with E-state index in [1.54, 1.807) is 10.7 Å². The fourth-order valence-corrected chi connectivity index (χ4v) is 4.30. The largest absolute Gasteiger partial charge is 0.416 e. The number of halogens is 3. The number of alkyl halides is 3. The molecule has 0 aliphatic carbocycles. The van der Waals surface area contributed by atoms with Crippen molar-refractivity contribution >= 4 is 28.7 Å². The molecule has 188 valence electrons. The van der Waals surface area contributed by atoms with Crippen molar-refractivity contribution in [2.45, 2.75) is 47.0 Å². The summed E-state index contributed by atoms with van der Waals surface area (Å²) in [5.41, 5.74) is 5.76. The molecule has 0 fully saturated rings. The van der Waals surface area contributed by atoms with E-state index in [-0.39, 0.29) is 6.54 Å². The van der Waals surface area contributed by atoms with Crippen molar-refractivity contribution in [2.75, 3.05) is 10.6 Å². The summed E-state index contributed by atoms with van der Waals surface area (Å²) in [7, 11) is 0. The normalized spacial score (nSPS) is 11.5. The van der Waals surface area contributed by atoms with Gasteiger partial charge in [0.2, 0.25) is 0 Å². The van der Waals surface area contributed by atoms with Crippen molar-refractivity contribution in [1.29, 1.82) is 0 Å². The van der Waals surface area contributed by atoms with E-state index in [1.807, 2.05) is 50.6 Å². The average Bonchev–Trinajstić information content (AvgIpc) is 3.23. The highest BCUT2D eigenvalue weighted by atomic mass is 32.1. The number of hydrogen-bond donors (Lipinski definition) is 2. The summed E-state index contributed by atoms with van der Waals surface area (Å²) in [4.78, 5) is 0. The van der Waals surface area contributed by atoms with Crippen LogP contribution in [0.1, 0.15) is 39.5 Å². The molecule has 0 unspecified atom stereocenters. The summed E-state index contributed by atoms with van der Waals surface area (Å²) < 4.78 is 42.9. The molecule has 4 rings (SSSR count). The van der Waals surface area contributed by atoms with E-state index in [1.165, 1.54) is 6.07 Å². The number of aryl methyl sites for hydroxylation is 2. The molecule has 0 spiro atoms. The molecule has 36 heavy (non-hydrogen) atoms. The lowest BCUT2D eigenvalue weighted by atomic mass is 10.1. The monoisotopic (exact) mass is 512 g/mol. The molecular formula is C26H27F3N6S. The molecular weight excluding hydrogens is 485 g/mol. The van der Waals surface area contributed by atoms with Crippen LogP contribution in [-0.2, 0) is 19.3 Å². The fraction of sp³-hybridized carbons (Fsp3) is 0.269. The van der Waals surface area contributed by atoms with Gasteiger partial charge in [0.25, 0.3) is 0 Å². The zero-order valence-corrected chi connectivity index (χ0v) is 21.3. The second-order valence-corrected chi connectivity index (χ2v) is 9.08. The summed E-state index contributed by atoms with van der Waals surface area (Å²) in [5, 5.41) is 16.0. The van der Waals surface area contributed by atoms with Gasteiger partial charge in [0.1, 0.15) is 0 Å². The van der Waals surface area contributed by atoms with E-state index in [0.29, 0.717) is 28.6 Å². The van der Waals surface area contributed by atoms with E-state index < -0.39 is 11.7 Å². The van der Waals surface area contributed by atoms with Crippen LogP contribution in [0.4, 0.5) is 24.5 Å². The van der Waals surface area contributed by atoms with Gasteiger partial charge in [-0.3, -0.25) is 9.36 Å². The standard InChI is InChI=1S/C26H27F3N6S/c1-16-23(18(3)34(32-16)14-20-9-6-5-7-10-20)30-25(36)31-24-17(2)33-35(19(24)4)15-21-11-8-12-22(13-21)26(27,28)29/h5-13H,14-15H2,1-4H3,(H2,30,31,36). The Kier molecular flexibility index (Phi) is 7.16. The van der Waals surface area contributed by atoms with Gasteiger partial charge in [-0.05, 0) is 63.2 Å². The summed E-state index contributed by atoms with van der Waals surface area (Å²) in [6.45, 7) is 8.45. The first kappa shape index (κ1) is 25.4. The van der Waals surface area contributed by atoms with Crippen molar-refractivity contribution in [3.8, 4) is 0 Å². The summed E-state index contributed by atoms with van der Waals surface area (Å²) in [6.07, 6.45) is -4.39. The van der Waals surface area contributed by atoms with E-state index in [4.69, 9.17) is 12.2 Å². The lowest BCUT2D eigenvalue weighted by Crippen LogP contribution is -2.21. The Morgan fingerprint density at radius 1 is 0.778 bits per heavy atom. The molecule has 0 saturated carbocycles. The third-order valence-corrected chi connectivity index (χ3v) is 6.21. The zero-order chi connectivity index (χ0) is 26.0. The number of thiocarbonyl (C=S) groups is 1. The summed E-state index contributed by atoms with van der Waals surface area (Å²) in [5.74, 6) is 0. The second-order valence-electron chi connectivity index (χ2n) is 8.67. The van der Waals surface area contributed by atoms with Crippen molar-refractivity contribution in [3.05, 3.63) is 94.1 Å². The zero-order valence-electron chi connectivity index (χ0n) is 20.4. The smallest absolute Gasteiger partial charge is 0.329 e. The molecule has 4 aromatic rings. The Morgan fingerprint density at radius 2 is 1.28 bits per heavy atom. The molecule has 0 saturated heterocycles. The van der Waals surface area contributed by atoms with Gasteiger partial charge in [0.15, 0.2) is 5.11 Å². The molecule has 2 heterocycles. The molecule has 0 aliphatic heterocycles. The predicted molar refractivity (Wildman–Crippen MR) is 139 cm³/mol. The van der Waals surface area contributed by atoms with Gasteiger partial charge in [-0.15, -0.1) is 0 Å². The molecule has 0 aliphatic rings. The molecule has 2 N–H and O–H groups in total. The molecule has 0 amide bonds. The number of benzene rings is 2. The third-order valence-electron chi connectivity index (χ3n) is 6.00. The van der Waals surface area contributed by atoms with Crippen LogP contribution >= 0.6 is 12.2 Å². The first-order valence-electron chi connectivity index (χ1n) is 11.4. The van der Waals surface area contributed by atoms with Gasteiger partial charge >= 0.3 is 6.18 Å². The minimum atomic E-state index is -4.39. The molecule has 2 aromatic carbocycles. The second kappa shape index (κ2) is 10.1. The Balaban J connectivity index is 1.48. The first-order chi connectivity index (χ1) is 17.0. The fourth-order valence-electron chi connectivity index (χ4n) is 4.10.